The van der Waals surface area contributed by atoms with Crippen molar-refractivity contribution in [2.45, 2.75) is 17.5 Å². The number of ether oxygens (including phenoxy) is 1. The number of thioether (sulfide) groups is 1. The molecule has 0 N–H and O–H groups in total. The number of carbonyl (C=O) groups is 1. The molecule has 2 aromatic carbocycles. The third-order valence-electron chi connectivity index (χ3n) is 4.50. The quantitative estimate of drug-likeness (QED) is 0.314. The molecule has 0 bridgehead atoms. The normalized spacial score (nSPS) is 10.9. The molecule has 0 radical (unpaired) electrons. The van der Waals surface area contributed by atoms with Gasteiger partial charge in [-0.2, -0.15) is 0 Å². The highest BCUT2D eigenvalue weighted by Crippen LogP contribution is 2.29. The standard InChI is InChI=1S/C22H18FN3O3S/c1-28-21(27)17-11-12-29-19(17)14-30-22-25-24-20(16-9-5-6-10-18(16)23)26(22)13-15-7-3-2-4-8-15/h2-12H,13-14H2,1H3. The van der Waals surface area contributed by atoms with Gasteiger partial charge in [-0.25, -0.2) is 9.18 Å². The Morgan fingerprint density at radius 3 is 2.63 bits per heavy atom. The third-order valence-corrected chi connectivity index (χ3v) is 5.46. The molecule has 4 rings (SSSR count). The number of nitrogens with zero attached hydrogens (tertiary/aromatic N) is 3. The summed E-state index contributed by atoms with van der Waals surface area (Å²) in [7, 11) is 1.32. The zero-order valence-corrected chi connectivity index (χ0v) is 16.9. The van der Waals surface area contributed by atoms with E-state index in [9.17, 15) is 9.18 Å². The lowest BCUT2D eigenvalue weighted by molar-refractivity contribution is 0.0598. The second-order valence-corrected chi connectivity index (χ2v) is 7.34. The number of aromatic nitrogens is 3. The SMILES string of the molecule is COC(=O)c1ccoc1CSc1nnc(-c2ccccc2F)n1Cc1ccccc1. The minimum Gasteiger partial charge on any atom is -0.468 e. The van der Waals surface area contributed by atoms with E-state index >= 15 is 0 Å². The molecule has 0 fully saturated rings. The number of carbonyl (C=O) groups excluding carboxylic acids is 1. The molecule has 8 heteroatoms. The van der Waals surface area contributed by atoms with Crippen LogP contribution in [0.15, 0.2) is 76.5 Å². The topological polar surface area (TPSA) is 70.2 Å². The first-order valence-electron chi connectivity index (χ1n) is 9.17. The molecular weight excluding hydrogens is 405 g/mol. The highest BCUT2D eigenvalue weighted by atomic mass is 32.2. The number of methoxy groups -OCH3 is 1. The number of esters is 1. The van der Waals surface area contributed by atoms with Crippen LogP contribution in [-0.4, -0.2) is 27.8 Å². The van der Waals surface area contributed by atoms with Gasteiger partial charge in [-0.1, -0.05) is 54.2 Å². The van der Waals surface area contributed by atoms with Crippen molar-refractivity contribution >= 4 is 17.7 Å². The fraction of sp³-hybridized carbons (Fsp3) is 0.136. The lowest BCUT2D eigenvalue weighted by Gasteiger charge is -2.11. The van der Waals surface area contributed by atoms with E-state index in [1.165, 1.54) is 31.2 Å². The predicted octanol–water partition coefficient (Wildman–Crippen LogP) is 4.80. The average Bonchev–Trinajstić information content (AvgIpc) is 3.40. The Morgan fingerprint density at radius 1 is 1.10 bits per heavy atom. The van der Waals surface area contributed by atoms with E-state index in [0.717, 1.165) is 5.56 Å². The van der Waals surface area contributed by atoms with Crippen LogP contribution in [-0.2, 0) is 17.0 Å². The fourth-order valence-corrected chi connectivity index (χ4v) is 3.91. The van der Waals surface area contributed by atoms with Crippen LogP contribution < -0.4 is 0 Å². The smallest absolute Gasteiger partial charge is 0.341 e. The maximum Gasteiger partial charge on any atom is 0.341 e. The lowest BCUT2D eigenvalue weighted by Crippen LogP contribution is -2.05. The zero-order chi connectivity index (χ0) is 20.9. The number of benzene rings is 2. The molecule has 30 heavy (non-hydrogen) atoms. The van der Waals surface area contributed by atoms with E-state index < -0.39 is 5.97 Å². The van der Waals surface area contributed by atoms with Crippen molar-refractivity contribution in [2.75, 3.05) is 7.11 Å². The lowest BCUT2D eigenvalue weighted by atomic mass is 10.2. The molecule has 0 unspecified atom stereocenters. The first-order chi connectivity index (χ1) is 14.7. The molecule has 0 aliphatic heterocycles. The number of halogens is 1. The van der Waals surface area contributed by atoms with Crippen LogP contribution >= 0.6 is 11.8 Å². The van der Waals surface area contributed by atoms with Crippen LogP contribution in [0.3, 0.4) is 0 Å². The van der Waals surface area contributed by atoms with Gasteiger partial charge in [0.1, 0.15) is 17.1 Å². The Balaban J connectivity index is 1.67. The van der Waals surface area contributed by atoms with Crippen molar-refractivity contribution in [3.05, 3.63) is 89.6 Å². The van der Waals surface area contributed by atoms with Gasteiger partial charge in [0.2, 0.25) is 0 Å². The largest absolute Gasteiger partial charge is 0.468 e. The second-order valence-electron chi connectivity index (χ2n) is 6.40. The zero-order valence-electron chi connectivity index (χ0n) is 16.1. The van der Waals surface area contributed by atoms with E-state index in [0.29, 0.717) is 40.2 Å². The number of furan rings is 1. The highest BCUT2D eigenvalue weighted by molar-refractivity contribution is 7.98. The van der Waals surface area contributed by atoms with E-state index in [-0.39, 0.29) is 5.82 Å². The summed E-state index contributed by atoms with van der Waals surface area (Å²) < 4.78 is 26.5. The molecule has 0 aliphatic rings. The van der Waals surface area contributed by atoms with Gasteiger partial charge in [0.05, 0.1) is 31.2 Å². The number of hydrogen-bond acceptors (Lipinski definition) is 6. The molecule has 0 spiro atoms. The second kappa shape index (κ2) is 8.96. The van der Waals surface area contributed by atoms with Gasteiger partial charge >= 0.3 is 5.97 Å². The van der Waals surface area contributed by atoms with Crippen molar-refractivity contribution in [3.8, 4) is 11.4 Å². The molecule has 6 nitrogen and oxygen atoms in total. The van der Waals surface area contributed by atoms with E-state index in [1.54, 1.807) is 24.3 Å². The van der Waals surface area contributed by atoms with Gasteiger partial charge in [-0.05, 0) is 23.8 Å². The first-order valence-corrected chi connectivity index (χ1v) is 10.2. The van der Waals surface area contributed by atoms with Crippen LogP contribution in [0.1, 0.15) is 21.7 Å². The van der Waals surface area contributed by atoms with E-state index in [1.807, 2.05) is 34.9 Å². The summed E-state index contributed by atoms with van der Waals surface area (Å²) in [5.74, 6) is 0.439. The fourth-order valence-electron chi connectivity index (χ4n) is 3.02. The van der Waals surface area contributed by atoms with Crippen molar-refractivity contribution in [1.29, 1.82) is 0 Å². The van der Waals surface area contributed by atoms with Gasteiger partial charge in [0, 0.05) is 0 Å². The maximum atomic E-state index is 14.4. The van der Waals surface area contributed by atoms with Crippen molar-refractivity contribution < 1.29 is 18.3 Å². The number of hydrogen-bond donors (Lipinski definition) is 0. The van der Waals surface area contributed by atoms with Crippen LogP contribution in [0.4, 0.5) is 4.39 Å². The minimum atomic E-state index is -0.461. The van der Waals surface area contributed by atoms with Crippen molar-refractivity contribution in [3.63, 3.8) is 0 Å². The van der Waals surface area contributed by atoms with Crippen molar-refractivity contribution in [2.24, 2.45) is 0 Å². The summed E-state index contributed by atoms with van der Waals surface area (Å²) in [5, 5.41) is 9.11. The minimum absolute atomic E-state index is 0.349. The van der Waals surface area contributed by atoms with Gasteiger partial charge in [0.15, 0.2) is 11.0 Å². The Hall–Kier alpha value is -3.39. The molecule has 2 aromatic heterocycles. The Labute approximate surface area is 176 Å². The predicted molar refractivity (Wildman–Crippen MR) is 111 cm³/mol. The summed E-state index contributed by atoms with van der Waals surface area (Å²) in [4.78, 5) is 11.9. The van der Waals surface area contributed by atoms with Crippen molar-refractivity contribution in [1.82, 2.24) is 14.8 Å². The molecule has 0 amide bonds. The van der Waals surface area contributed by atoms with Crippen LogP contribution in [0.2, 0.25) is 0 Å². The summed E-state index contributed by atoms with van der Waals surface area (Å²) in [6, 6.07) is 17.8. The monoisotopic (exact) mass is 423 g/mol. The Morgan fingerprint density at radius 2 is 1.87 bits per heavy atom. The summed E-state index contributed by atoms with van der Waals surface area (Å²) in [6.07, 6.45) is 1.45. The van der Waals surface area contributed by atoms with Gasteiger partial charge in [-0.15, -0.1) is 10.2 Å². The van der Waals surface area contributed by atoms with Gasteiger partial charge in [0.25, 0.3) is 0 Å². The summed E-state index contributed by atoms with van der Waals surface area (Å²) in [6.45, 7) is 0.474. The maximum absolute atomic E-state index is 14.4. The van der Waals surface area contributed by atoms with Crippen LogP contribution in [0.5, 0.6) is 0 Å². The van der Waals surface area contributed by atoms with Gasteiger partial charge < -0.3 is 9.15 Å². The molecule has 0 atom stereocenters. The molecule has 0 saturated carbocycles. The molecule has 0 saturated heterocycles. The highest BCUT2D eigenvalue weighted by Gasteiger charge is 2.20. The van der Waals surface area contributed by atoms with E-state index in [4.69, 9.17) is 9.15 Å². The average molecular weight is 423 g/mol. The molecule has 152 valence electrons. The Bertz CT molecular complexity index is 1160. The summed E-state index contributed by atoms with van der Waals surface area (Å²) >= 11 is 1.35. The molecule has 4 aromatic rings. The molecule has 2 heterocycles. The number of rotatable bonds is 7. The summed E-state index contributed by atoms with van der Waals surface area (Å²) in [5.41, 5.74) is 1.78. The molecule has 0 aliphatic carbocycles. The first kappa shape index (κ1) is 19.9. The Kier molecular flexibility index (Phi) is 5.94. The van der Waals surface area contributed by atoms with Crippen LogP contribution in [0, 0.1) is 5.82 Å². The van der Waals surface area contributed by atoms with E-state index in [2.05, 4.69) is 10.2 Å². The van der Waals surface area contributed by atoms with Gasteiger partial charge in [-0.3, -0.25) is 4.57 Å². The molecular formula is C22H18FN3O3S. The van der Waals surface area contributed by atoms with Crippen LogP contribution in [0.25, 0.3) is 11.4 Å². The third kappa shape index (κ3) is 4.13.